The molecule has 1 aliphatic rings. The van der Waals surface area contributed by atoms with Crippen LogP contribution in [0.1, 0.15) is 25.3 Å². The van der Waals surface area contributed by atoms with E-state index < -0.39 is 28.3 Å². The van der Waals surface area contributed by atoms with Crippen molar-refractivity contribution in [3.63, 3.8) is 0 Å². The highest BCUT2D eigenvalue weighted by Crippen LogP contribution is 2.26. The Hall–Kier alpha value is -2.55. The summed E-state index contributed by atoms with van der Waals surface area (Å²) in [5.41, 5.74) is 0.613. The molecule has 0 aromatic heterocycles. The summed E-state index contributed by atoms with van der Waals surface area (Å²) in [4.78, 5) is 25.8. The lowest BCUT2D eigenvalue weighted by Gasteiger charge is -2.27. The van der Waals surface area contributed by atoms with Crippen molar-refractivity contribution < 1.29 is 32.6 Å². The largest absolute Gasteiger partial charge is 0.504 e. The predicted molar refractivity (Wildman–Crippen MR) is 104 cm³/mol. The van der Waals surface area contributed by atoms with Crippen molar-refractivity contribution in [3.05, 3.63) is 29.8 Å². The van der Waals surface area contributed by atoms with Crippen LogP contribution >= 0.6 is 0 Å². The minimum Gasteiger partial charge on any atom is -0.504 e. The Kier molecular flexibility index (Phi) is 7.45. The number of hydrogen-bond acceptors (Lipinski definition) is 7. The minimum absolute atomic E-state index is 0.0160. The molecule has 0 aliphatic carbocycles. The number of carbonyl (C=O) groups excluding carboxylic acids is 2. The van der Waals surface area contributed by atoms with E-state index in [1.807, 2.05) is 6.92 Å². The van der Waals surface area contributed by atoms with Crippen molar-refractivity contribution in [1.82, 2.24) is 4.90 Å². The second kappa shape index (κ2) is 9.59. The molecular weight excluding hydrogens is 386 g/mol. The van der Waals surface area contributed by atoms with Gasteiger partial charge in [-0.3, -0.25) is 4.79 Å². The number of carbonyl (C=O) groups is 2. The number of hydrogen-bond donors (Lipinski definition) is 1. The molecule has 1 atom stereocenters. The van der Waals surface area contributed by atoms with Crippen LogP contribution in [0, 0.1) is 0 Å². The Labute approximate surface area is 164 Å². The Morgan fingerprint density at radius 2 is 2.11 bits per heavy atom. The van der Waals surface area contributed by atoms with Gasteiger partial charge < -0.3 is 19.5 Å². The number of nitrogens with zero attached hydrogens (tertiary/aromatic N) is 1. The van der Waals surface area contributed by atoms with Crippen LogP contribution in [-0.2, 0) is 24.2 Å². The summed E-state index contributed by atoms with van der Waals surface area (Å²) in [5, 5.41) is 9.56. The number of sulfone groups is 1. The van der Waals surface area contributed by atoms with Gasteiger partial charge in [0.2, 0.25) is 0 Å². The molecule has 0 saturated carbocycles. The summed E-state index contributed by atoms with van der Waals surface area (Å²) in [6.45, 7) is 1.86. The monoisotopic (exact) mass is 411 g/mol. The molecule has 1 saturated heterocycles. The van der Waals surface area contributed by atoms with Gasteiger partial charge in [-0.25, -0.2) is 13.2 Å². The van der Waals surface area contributed by atoms with E-state index in [9.17, 15) is 23.1 Å². The summed E-state index contributed by atoms with van der Waals surface area (Å²) < 4.78 is 33.3. The van der Waals surface area contributed by atoms with E-state index in [4.69, 9.17) is 9.47 Å². The molecule has 1 amide bonds. The zero-order chi connectivity index (χ0) is 20.7. The first-order valence-corrected chi connectivity index (χ1v) is 10.8. The quantitative estimate of drug-likeness (QED) is 0.508. The third kappa shape index (κ3) is 5.98. The highest BCUT2D eigenvalue weighted by molar-refractivity contribution is 7.91. The summed E-state index contributed by atoms with van der Waals surface area (Å²) in [6.07, 6.45) is 3.73. The summed E-state index contributed by atoms with van der Waals surface area (Å²) >= 11 is 0. The van der Waals surface area contributed by atoms with Crippen LogP contribution in [0.15, 0.2) is 24.3 Å². The molecule has 9 heteroatoms. The average molecular weight is 411 g/mol. The van der Waals surface area contributed by atoms with E-state index in [1.54, 1.807) is 12.1 Å². The predicted octanol–water partition coefficient (Wildman–Crippen LogP) is 1.38. The number of phenolic OH excluding ortho intramolecular Hbond substituents is 1. The molecule has 1 aromatic rings. The number of benzene rings is 1. The van der Waals surface area contributed by atoms with E-state index in [2.05, 4.69) is 0 Å². The van der Waals surface area contributed by atoms with E-state index in [-0.39, 0.29) is 29.0 Å². The molecule has 0 spiro atoms. The summed E-state index contributed by atoms with van der Waals surface area (Å²) in [7, 11) is -1.70. The van der Waals surface area contributed by atoms with Crippen LogP contribution < -0.4 is 4.74 Å². The second-order valence-electron chi connectivity index (χ2n) is 6.52. The molecule has 1 fully saturated rings. The minimum atomic E-state index is -3.11. The fraction of sp³-hybridized carbons (Fsp3) is 0.474. The maximum atomic E-state index is 12.4. The molecule has 1 heterocycles. The van der Waals surface area contributed by atoms with Gasteiger partial charge in [-0.15, -0.1) is 0 Å². The van der Waals surface area contributed by atoms with Gasteiger partial charge in [-0.05, 0) is 36.6 Å². The van der Waals surface area contributed by atoms with E-state index in [1.165, 1.54) is 30.2 Å². The molecule has 1 N–H and O–H groups in total. The van der Waals surface area contributed by atoms with E-state index in [0.29, 0.717) is 24.9 Å². The number of methoxy groups -OCH3 is 1. The number of rotatable bonds is 8. The Balaban J connectivity index is 1.92. The number of ether oxygens (including phenoxy) is 2. The van der Waals surface area contributed by atoms with Crippen LogP contribution in [0.3, 0.4) is 0 Å². The summed E-state index contributed by atoms with van der Waals surface area (Å²) in [5.74, 6) is -0.822. The third-order valence-corrected chi connectivity index (χ3v) is 6.14. The van der Waals surface area contributed by atoms with Crippen molar-refractivity contribution in [3.8, 4) is 11.5 Å². The van der Waals surface area contributed by atoms with Gasteiger partial charge in [0.15, 0.2) is 27.9 Å². The lowest BCUT2D eigenvalue weighted by atomic mass is 10.2. The van der Waals surface area contributed by atoms with Crippen molar-refractivity contribution in [2.45, 2.75) is 25.8 Å². The first-order chi connectivity index (χ1) is 13.3. The Bertz CT molecular complexity index is 848. The van der Waals surface area contributed by atoms with Gasteiger partial charge in [0, 0.05) is 18.7 Å². The van der Waals surface area contributed by atoms with Crippen molar-refractivity contribution in [2.24, 2.45) is 0 Å². The van der Waals surface area contributed by atoms with E-state index >= 15 is 0 Å². The number of amides is 1. The topological polar surface area (TPSA) is 110 Å². The van der Waals surface area contributed by atoms with E-state index in [0.717, 1.165) is 0 Å². The normalized spacial score (nSPS) is 18.1. The highest BCUT2D eigenvalue weighted by atomic mass is 32.2. The van der Waals surface area contributed by atoms with Crippen LogP contribution in [0.2, 0.25) is 0 Å². The Morgan fingerprint density at radius 1 is 1.36 bits per heavy atom. The molecule has 2 rings (SSSR count). The first-order valence-electron chi connectivity index (χ1n) is 8.97. The average Bonchev–Trinajstić information content (AvgIpc) is 3.02. The van der Waals surface area contributed by atoms with Crippen molar-refractivity contribution >= 4 is 27.8 Å². The fourth-order valence-electron chi connectivity index (χ4n) is 3.00. The molecule has 1 aliphatic heterocycles. The SMILES string of the molecule is CCCN(C(=O)COC(=O)/C=C/c1ccc(O)c(OC)c1)[C@@H]1CCS(=O)(=O)C1. The number of aromatic hydroxyl groups is 1. The van der Waals surface area contributed by atoms with Crippen LogP contribution in [-0.4, -0.2) is 68.1 Å². The molecule has 1 aromatic carbocycles. The smallest absolute Gasteiger partial charge is 0.331 e. The van der Waals surface area contributed by atoms with Crippen molar-refractivity contribution in [1.29, 1.82) is 0 Å². The lowest BCUT2D eigenvalue weighted by molar-refractivity contribution is -0.149. The molecular formula is C19H25NO7S. The lowest BCUT2D eigenvalue weighted by Crippen LogP contribution is -2.43. The van der Waals surface area contributed by atoms with Gasteiger partial charge in [-0.2, -0.15) is 0 Å². The van der Waals surface area contributed by atoms with Gasteiger partial charge >= 0.3 is 5.97 Å². The van der Waals surface area contributed by atoms with Crippen molar-refractivity contribution in [2.75, 3.05) is 31.8 Å². The van der Waals surface area contributed by atoms with Gasteiger partial charge in [0.25, 0.3) is 5.91 Å². The molecule has 0 radical (unpaired) electrons. The maximum absolute atomic E-state index is 12.4. The maximum Gasteiger partial charge on any atom is 0.331 e. The second-order valence-corrected chi connectivity index (χ2v) is 8.75. The standard InChI is InChI=1S/C19H25NO7S/c1-3-9-20(15-8-10-28(24,25)13-15)18(22)12-27-19(23)7-5-14-4-6-16(21)17(11-14)26-2/h4-7,11,15,21H,3,8-10,12-13H2,1-2H3/b7-5+/t15-/m1/s1. The molecule has 0 unspecified atom stereocenters. The van der Waals surface area contributed by atoms with Gasteiger partial charge in [-0.1, -0.05) is 13.0 Å². The van der Waals surface area contributed by atoms with Gasteiger partial charge in [0.05, 0.1) is 18.6 Å². The first kappa shape index (κ1) is 21.7. The molecule has 154 valence electrons. The third-order valence-electron chi connectivity index (χ3n) is 4.39. The van der Waals surface area contributed by atoms with Crippen LogP contribution in [0.5, 0.6) is 11.5 Å². The highest BCUT2D eigenvalue weighted by Gasteiger charge is 2.34. The number of esters is 1. The van der Waals surface area contributed by atoms with Crippen LogP contribution in [0.25, 0.3) is 6.08 Å². The van der Waals surface area contributed by atoms with Gasteiger partial charge in [0.1, 0.15) is 0 Å². The van der Waals surface area contributed by atoms with Crippen LogP contribution in [0.4, 0.5) is 0 Å². The summed E-state index contributed by atoms with van der Waals surface area (Å²) in [6, 6.07) is 4.21. The number of phenols is 1. The molecule has 0 bridgehead atoms. The fourth-order valence-corrected chi connectivity index (χ4v) is 4.73. The zero-order valence-corrected chi connectivity index (χ0v) is 16.8. The molecule has 8 nitrogen and oxygen atoms in total. The zero-order valence-electron chi connectivity index (χ0n) is 16.0. The Morgan fingerprint density at radius 3 is 2.71 bits per heavy atom. The molecule has 28 heavy (non-hydrogen) atoms.